The van der Waals surface area contributed by atoms with Gasteiger partial charge in [-0.15, -0.1) is 0 Å². The Balaban J connectivity index is 3.70. The van der Waals surface area contributed by atoms with Gasteiger partial charge in [0, 0.05) is 12.3 Å². The predicted molar refractivity (Wildman–Crippen MR) is 69.5 cm³/mol. The van der Waals surface area contributed by atoms with Gasteiger partial charge in [-0.05, 0) is 39.5 Å². The molecular weight excluding hydrogens is 224 g/mol. The Labute approximate surface area is 100 Å². The van der Waals surface area contributed by atoms with Gasteiger partial charge in [0.05, 0.1) is 5.75 Å². The van der Waals surface area contributed by atoms with Crippen molar-refractivity contribution in [1.29, 1.82) is 0 Å². The summed E-state index contributed by atoms with van der Waals surface area (Å²) >= 11 is 0. The molecule has 0 aromatic rings. The lowest BCUT2D eigenvalue weighted by Gasteiger charge is -2.20. The number of nitrogens with one attached hydrogen (secondary N) is 1. The van der Waals surface area contributed by atoms with Crippen molar-refractivity contribution in [3.8, 4) is 0 Å². The zero-order valence-electron chi connectivity index (χ0n) is 11.0. The highest BCUT2D eigenvalue weighted by molar-refractivity contribution is 7.91. The maximum atomic E-state index is 11.3. The highest BCUT2D eigenvalue weighted by atomic mass is 32.2. The Morgan fingerprint density at radius 2 is 2.00 bits per heavy atom. The first-order chi connectivity index (χ1) is 7.41. The fraction of sp³-hybridized carbons (Fsp3) is 1.00. The van der Waals surface area contributed by atoms with Crippen molar-refractivity contribution < 1.29 is 8.42 Å². The molecule has 0 aliphatic heterocycles. The second-order valence-electron chi connectivity index (χ2n) is 4.52. The molecule has 0 aromatic heterocycles. The second-order valence-corrected chi connectivity index (χ2v) is 6.99. The van der Waals surface area contributed by atoms with Gasteiger partial charge in [-0.2, -0.15) is 0 Å². The van der Waals surface area contributed by atoms with Crippen molar-refractivity contribution >= 4 is 9.84 Å². The molecular formula is C11H26N2O2S. The van der Waals surface area contributed by atoms with Gasteiger partial charge in [0.15, 0.2) is 0 Å². The fourth-order valence-corrected chi connectivity index (χ4v) is 2.59. The van der Waals surface area contributed by atoms with E-state index in [2.05, 4.69) is 17.1 Å². The van der Waals surface area contributed by atoms with Crippen molar-refractivity contribution in [1.82, 2.24) is 10.2 Å². The molecule has 0 rings (SSSR count). The summed E-state index contributed by atoms with van der Waals surface area (Å²) < 4.78 is 22.6. The monoisotopic (exact) mass is 250 g/mol. The molecule has 0 amide bonds. The van der Waals surface area contributed by atoms with Crippen LogP contribution in [0.1, 0.15) is 20.3 Å². The Morgan fingerprint density at radius 3 is 2.50 bits per heavy atom. The minimum absolute atomic E-state index is 0.257. The maximum absolute atomic E-state index is 11.3. The van der Waals surface area contributed by atoms with Crippen LogP contribution in [0.4, 0.5) is 0 Å². The van der Waals surface area contributed by atoms with Crippen LogP contribution in [0.3, 0.4) is 0 Å². The first-order valence-corrected chi connectivity index (χ1v) is 7.77. The van der Waals surface area contributed by atoms with E-state index in [0.717, 1.165) is 26.1 Å². The van der Waals surface area contributed by atoms with Gasteiger partial charge in [-0.1, -0.05) is 13.8 Å². The van der Waals surface area contributed by atoms with Crippen LogP contribution in [0.5, 0.6) is 0 Å². The van der Waals surface area contributed by atoms with Crippen LogP contribution < -0.4 is 5.32 Å². The molecule has 0 radical (unpaired) electrons. The van der Waals surface area contributed by atoms with Gasteiger partial charge < -0.3 is 10.2 Å². The molecule has 1 N–H and O–H groups in total. The summed E-state index contributed by atoms with van der Waals surface area (Å²) in [7, 11) is 1.20. The van der Waals surface area contributed by atoms with E-state index in [1.165, 1.54) is 0 Å². The molecule has 0 bridgehead atoms. The largest absolute Gasteiger partial charge is 0.319 e. The zero-order chi connectivity index (χ0) is 12.6. The normalized spacial score (nSPS) is 14.3. The molecule has 0 aliphatic rings. The summed E-state index contributed by atoms with van der Waals surface area (Å²) in [6.07, 6.45) is 0.735. The van der Waals surface area contributed by atoms with Gasteiger partial charge in [-0.25, -0.2) is 8.42 Å². The van der Waals surface area contributed by atoms with Crippen LogP contribution in [0, 0.1) is 5.92 Å². The molecule has 16 heavy (non-hydrogen) atoms. The van der Waals surface area contributed by atoms with E-state index in [1.54, 1.807) is 6.92 Å². The third-order valence-corrected chi connectivity index (χ3v) is 4.40. The molecule has 98 valence electrons. The Bertz CT molecular complexity index is 265. The number of nitrogens with zero attached hydrogens (tertiary/aromatic N) is 1. The number of sulfone groups is 1. The number of rotatable bonds is 9. The van der Waals surface area contributed by atoms with E-state index in [-0.39, 0.29) is 5.75 Å². The van der Waals surface area contributed by atoms with Crippen LogP contribution in [0.2, 0.25) is 0 Å². The maximum Gasteiger partial charge on any atom is 0.150 e. The molecule has 0 fully saturated rings. The quantitative estimate of drug-likeness (QED) is 0.651. The average Bonchev–Trinajstić information content (AvgIpc) is 2.17. The molecule has 0 saturated heterocycles. The van der Waals surface area contributed by atoms with E-state index >= 15 is 0 Å². The highest BCUT2D eigenvalue weighted by Crippen LogP contribution is 1.99. The van der Waals surface area contributed by atoms with Gasteiger partial charge in [0.2, 0.25) is 0 Å². The third kappa shape index (κ3) is 8.07. The summed E-state index contributed by atoms with van der Waals surface area (Å²) in [5.41, 5.74) is 0. The summed E-state index contributed by atoms with van der Waals surface area (Å²) in [4.78, 5) is 2.20. The van der Waals surface area contributed by atoms with Crippen molar-refractivity contribution in [2.75, 3.05) is 45.2 Å². The molecule has 0 heterocycles. The third-order valence-electron chi connectivity index (χ3n) is 2.61. The van der Waals surface area contributed by atoms with Crippen LogP contribution in [-0.2, 0) is 9.84 Å². The van der Waals surface area contributed by atoms with E-state index < -0.39 is 9.84 Å². The Morgan fingerprint density at radius 1 is 1.38 bits per heavy atom. The van der Waals surface area contributed by atoms with E-state index in [1.807, 2.05) is 14.1 Å². The van der Waals surface area contributed by atoms with E-state index in [9.17, 15) is 8.42 Å². The molecule has 4 nitrogen and oxygen atoms in total. The average molecular weight is 250 g/mol. The molecule has 1 unspecified atom stereocenters. The van der Waals surface area contributed by atoms with Gasteiger partial charge >= 0.3 is 0 Å². The summed E-state index contributed by atoms with van der Waals surface area (Å²) in [5.74, 6) is 1.17. The van der Waals surface area contributed by atoms with Crippen LogP contribution >= 0.6 is 0 Å². The van der Waals surface area contributed by atoms with Crippen LogP contribution in [0.15, 0.2) is 0 Å². The standard InChI is InChI=1S/C11H26N2O2S/c1-5-16(14,15)8-6-7-13(4)10-11(2)9-12-3/h11-12H,5-10H2,1-4H3. The molecule has 1 atom stereocenters. The summed E-state index contributed by atoms with van der Waals surface area (Å²) in [6, 6.07) is 0. The number of hydrogen-bond donors (Lipinski definition) is 1. The van der Waals surface area contributed by atoms with Gasteiger partial charge in [0.1, 0.15) is 9.84 Å². The first kappa shape index (κ1) is 15.9. The first-order valence-electron chi connectivity index (χ1n) is 5.94. The topological polar surface area (TPSA) is 49.4 Å². The molecule has 0 aliphatic carbocycles. The second kappa shape index (κ2) is 8.03. The van der Waals surface area contributed by atoms with Crippen molar-refractivity contribution in [3.63, 3.8) is 0 Å². The Hall–Kier alpha value is -0.130. The summed E-state index contributed by atoms with van der Waals surface area (Å²) in [5, 5.41) is 3.14. The minimum Gasteiger partial charge on any atom is -0.319 e. The van der Waals surface area contributed by atoms with Crippen LogP contribution in [-0.4, -0.2) is 58.6 Å². The van der Waals surface area contributed by atoms with Crippen molar-refractivity contribution in [3.05, 3.63) is 0 Å². The molecule has 5 heteroatoms. The summed E-state index contributed by atoms with van der Waals surface area (Å²) in [6.45, 7) is 6.75. The van der Waals surface area contributed by atoms with E-state index in [0.29, 0.717) is 11.7 Å². The van der Waals surface area contributed by atoms with Gasteiger partial charge in [-0.3, -0.25) is 0 Å². The van der Waals surface area contributed by atoms with Crippen molar-refractivity contribution in [2.24, 2.45) is 5.92 Å². The zero-order valence-corrected chi connectivity index (χ0v) is 11.8. The minimum atomic E-state index is -2.79. The lowest BCUT2D eigenvalue weighted by Crippen LogP contribution is -2.31. The lowest BCUT2D eigenvalue weighted by atomic mass is 10.1. The number of hydrogen-bond acceptors (Lipinski definition) is 4. The Kier molecular flexibility index (Phi) is 7.97. The predicted octanol–water partition coefficient (Wildman–Crippen LogP) is 0.599. The fourth-order valence-electron chi connectivity index (χ4n) is 1.74. The van der Waals surface area contributed by atoms with Crippen LogP contribution in [0.25, 0.3) is 0 Å². The van der Waals surface area contributed by atoms with Gasteiger partial charge in [0.25, 0.3) is 0 Å². The highest BCUT2D eigenvalue weighted by Gasteiger charge is 2.09. The lowest BCUT2D eigenvalue weighted by molar-refractivity contribution is 0.284. The van der Waals surface area contributed by atoms with Crippen molar-refractivity contribution in [2.45, 2.75) is 20.3 Å². The molecule has 0 aromatic carbocycles. The SMILES string of the molecule is CCS(=O)(=O)CCCN(C)CC(C)CNC. The molecule has 0 spiro atoms. The van der Waals surface area contributed by atoms with E-state index in [4.69, 9.17) is 0 Å². The molecule has 0 saturated carbocycles. The smallest absolute Gasteiger partial charge is 0.150 e.